The van der Waals surface area contributed by atoms with Crippen molar-refractivity contribution in [1.29, 1.82) is 0 Å². The molecule has 0 radical (unpaired) electrons. The summed E-state index contributed by atoms with van der Waals surface area (Å²) in [6.45, 7) is 0. The third-order valence-corrected chi connectivity index (χ3v) is 11.2. The molecule has 11 aromatic rings. The van der Waals surface area contributed by atoms with Gasteiger partial charge in [0.05, 0.1) is 11.4 Å². The van der Waals surface area contributed by atoms with Gasteiger partial charge in [0.15, 0.2) is 0 Å². The zero-order valence-corrected chi connectivity index (χ0v) is 30.6. The maximum Gasteiger partial charge on any atom is 0.143 e. The highest BCUT2D eigenvalue weighted by atomic mass is 16.3. The van der Waals surface area contributed by atoms with Gasteiger partial charge in [-0.1, -0.05) is 170 Å². The summed E-state index contributed by atoms with van der Waals surface area (Å²) >= 11 is 0. The topological polar surface area (TPSA) is 16.4 Å². The monoisotopic (exact) mass is 713 g/mol. The summed E-state index contributed by atoms with van der Waals surface area (Å²) in [7, 11) is 0. The summed E-state index contributed by atoms with van der Waals surface area (Å²) in [6.07, 6.45) is 0. The van der Waals surface area contributed by atoms with Gasteiger partial charge >= 0.3 is 0 Å². The first-order valence-electron chi connectivity index (χ1n) is 19.2. The molecule has 262 valence electrons. The lowest BCUT2D eigenvalue weighted by Crippen LogP contribution is -2.11. The number of fused-ring (bicyclic) bond motifs is 7. The SMILES string of the molecule is c1cc(-c2ccc(N(c3ccccc3-c3cc4ccccc4c4oc5ccccc5c34)c3cccc4ccccc34)cc2)cc(-c2cccc3ccccc23)c1. The lowest BCUT2D eigenvalue weighted by atomic mass is 9.93. The van der Waals surface area contributed by atoms with Gasteiger partial charge in [-0.2, -0.15) is 0 Å². The van der Waals surface area contributed by atoms with Crippen molar-refractivity contribution < 1.29 is 4.42 Å². The number of benzene rings is 10. The Labute approximate surface area is 325 Å². The van der Waals surface area contributed by atoms with E-state index in [9.17, 15) is 0 Å². The molecule has 0 N–H and O–H groups in total. The van der Waals surface area contributed by atoms with Gasteiger partial charge in [-0.3, -0.25) is 0 Å². The summed E-state index contributed by atoms with van der Waals surface area (Å²) in [5.41, 5.74) is 12.2. The first kappa shape index (κ1) is 32.0. The maximum absolute atomic E-state index is 6.65. The van der Waals surface area contributed by atoms with Crippen molar-refractivity contribution in [2.45, 2.75) is 0 Å². The van der Waals surface area contributed by atoms with Crippen LogP contribution in [-0.4, -0.2) is 0 Å². The van der Waals surface area contributed by atoms with Gasteiger partial charge in [-0.25, -0.2) is 0 Å². The molecule has 1 heterocycles. The molecule has 0 saturated heterocycles. The molecule has 10 aromatic carbocycles. The molecule has 0 bridgehead atoms. The van der Waals surface area contributed by atoms with Crippen molar-refractivity contribution in [3.8, 4) is 33.4 Å². The van der Waals surface area contributed by atoms with Gasteiger partial charge in [0, 0.05) is 32.8 Å². The standard InChI is InChI=1S/C54H35NO/c1-4-21-43-37(14-1)17-12-26-44(43)40-20-11-19-39(34-40)36-30-32-42(33-31-36)55(50-28-13-18-38-15-2-5-22-45(38)50)51-27-9-7-24-47(51)49-35-41-16-3-6-23-46(41)54-53(49)48-25-8-10-29-52(48)56-54/h1-35H. The molecule has 1 aromatic heterocycles. The van der Waals surface area contributed by atoms with Crippen molar-refractivity contribution in [2.24, 2.45) is 0 Å². The van der Waals surface area contributed by atoms with Gasteiger partial charge in [-0.15, -0.1) is 0 Å². The third kappa shape index (κ3) is 5.26. The molecule has 0 aliphatic carbocycles. The minimum Gasteiger partial charge on any atom is -0.455 e. The van der Waals surface area contributed by atoms with Crippen LogP contribution in [0.2, 0.25) is 0 Å². The molecule has 0 unspecified atom stereocenters. The Bertz CT molecular complexity index is 3250. The van der Waals surface area contributed by atoms with Crippen molar-refractivity contribution in [2.75, 3.05) is 4.90 Å². The Morgan fingerprint density at radius 2 is 0.893 bits per heavy atom. The summed E-state index contributed by atoms with van der Waals surface area (Å²) in [5, 5.41) is 9.41. The number of nitrogens with zero attached hydrogens (tertiary/aromatic N) is 1. The van der Waals surface area contributed by atoms with Crippen LogP contribution in [0.15, 0.2) is 217 Å². The summed E-state index contributed by atoms with van der Waals surface area (Å²) in [4.78, 5) is 2.43. The molecule has 0 atom stereocenters. The first-order valence-corrected chi connectivity index (χ1v) is 19.2. The van der Waals surface area contributed by atoms with Crippen LogP contribution < -0.4 is 4.90 Å². The predicted molar refractivity (Wildman–Crippen MR) is 237 cm³/mol. The Morgan fingerprint density at radius 1 is 0.321 bits per heavy atom. The Hall–Kier alpha value is -7.42. The lowest BCUT2D eigenvalue weighted by molar-refractivity contribution is 0.673. The Kier molecular flexibility index (Phi) is 7.53. The van der Waals surface area contributed by atoms with Gasteiger partial charge in [0.1, 0.15) is 11.2 Å². The van der Waals surface area contributed by atoms with E-state index in [1.54, 1.807) is 0 Å². The molecule has 0 fully saturated rings. The molecule has 0 amide bonds. The molecule has 0 spiro atoms. The minimum atomic E-state index is 0.892. The molecule has 11 rings (SSSR count). The highest BCUT2D eigenvalue weighted by Crippen LogP contribution is 2.48. The third-order valence-electron chi connectivity index (χ3n) is 11.2. The number of anilines is 3. The second kappa shape index (κ2) is 13.2. The molecule has 56 heavy (non-hydrogen) atoms. The van der Waals surface area contributed by atoms with E-state index in [2.05, 4.69) is 211 Å². The van der Waals surface area contributed by atoms with E-state index in [0.29, 0.717) is 0 Å². The molecule has 2 heteroatoms. The number of hydrogen-bond donors (Lipinski definition) is 0. The van der Waals surface area contributed by atoms with Crippen molar-refractivity contribution >= 4 is 71.3 Å². The van der Waals surface area contributed by atoms with Gasteiger partial charge < -0.3 is 9.32 Å². The molecule has 2 nitrogen and oxygen atoms in total. The molecule has 0 aliphatic heterocycles. The van der Waals surface area contributed by atoms with Crippen LogP contribution >= 0.6 is 0 Å². The van der Waals surface area contributed by atoms with E-state index in [4.69, 9.17) is 4.42 Å². The lowest BCUT2D eigenvalue weighted by Gasteiger charge is -2.29. The summed E-state index contributed by atoms with van der Waals surface area (Å²) < 4.78 is 6.65. The quantitative estimate of drug-likeness (QED) is 0.171. The molecule has 0 saturated carbocycles. The van der Waals surface area contributed by atoms with Crippen LogP contribution in [0.25, 0.3) is 87.6 Å². The average molecular weight is 714 g/mol. The van der Waals surface area contributed by atoms with Crippen LogP contribution in [0.4, 0.5) is 17.1 Å². The largest absolute Gasteiger partial charge is 0.455 e. The van der Waals surface area contributed by atoms with Crippen LogP contribution in [0, 0.1) is 0 Å². The molecular formula is C54H35NO. The van der Waals surface area contributed by atoms with Gasteiger partial charge in [0.2, 0.25) is 0 Å². The van der Waals surface area contributed by atoms with E-state index < -0.39 is 0 Å². The predicted octanol–water partition coefficient (Wildman–Crippen LogP) is 15.5. The van der Waals surface area contributed by atoms with Crippen LogP contribution in [-0.2, 0) is 0 Å². The van der Waals surface area contributed by atoms with Crippen LogP contribution in [0.5, 0.6) is 0 Å². The fraction of sp³-hybridized carbons (Fsp3) is 0. The normalized spacial score (nSPS) is 11.6. The van der Waals surface area contributed by atoms with E-state index in [1.807, 2.05) is 6.07 Å². The van der Waals surface area contributed by atoms with E-state index in [1.165, 1.54) is 43.8 Å². The minimum absolute atomic E-state index is 0.892. The molecule has 0 aliphatic rings. The number of para-hydroxylation sites is 2. The Morgan fingerprint density at radius 3 is 1.73 bits per heavy atom. The maximum atomic E-state index is 6.65. The van der Waals surface area contributed by atoms with Gasteiger partial charge in [-0.05, 0) is 91.8 Å². The van der Waals surface area contributed by atoms with E-state index >= 15 is 0 Å². The van der Waals surface area contributed by atoms with Crippen LogP contribution in [0.3, 0.4) is 0 Å². The number of hydrogen-bond acceptors (Lipinski definition) is 2. The smallest absolute Gasteiger partial charge is 0.143 e. The summed E-state index contributed by atoms with van der Waals surface area (Å²) in [6, 6.07) is 76.5. The number of furan rings is 1. The number of rotatable bonds is 6. The second-order valence-corrected chi connectivity index (χ2v) is 14.5. The fourth-order valence-corrected chi connectivity index (χ4v) is 8.63. The van der Waals surface area contributed by atoms with Crippen molar-refractivity contribution in [3.05, 3.63) is 212 Å². The highest BCUT2D eigenvalue weighted by molar-refractivity contribution is 6.22. The second-order valence-electron chi connectivity index (χ2n) is 14.5. The van der Waals surface area contributed by atoms with Crippen molar-refractivity contribution in [1.82, 2.24) is 0 Å². The van der Waals surface area contributed by atoms with Crippen molar-refractivity contribution in [3.63, 3.8) is 0 Å². The van der Waals surface area contributed by atoms with E-state index in [0.717, 1.165) is 60.9 Å². The highest BCUT2D eigenvalue weighted by Gasteiger charge is 2.23. The fourth-order valence-electron chi connectivity index (χ4n) is 8.63. The first-order chi connectivity index (χ1) is 27.8. The molecular weight excluding hydrogens is 679 g/mol. The van der Waals surface area contributed by atoms with Crippen LogP contribution in [0.1, 0.15) is 0 Å². The van der Waals surface area contributed by atoms with E-state index in [-0.39, 0.29) is 0 Å². The Balaban J connectivity index is 1.10. The zero-order valence-electron chi connectivity index (χ0n) is 30.6. The zero-order chi connectivity index (χ0) is 37.0. The van der Waals surface area contributed by atoms with Gasteiger partial charge in [0.25, 0.3) is 0 Å². The average Bonchev–Trinajstić information content (AvgIpc) is 3.67. The summed E-state index contributed by atoms with van der Waals surface area (Å²) in [5.74, 6) is 0.